The number of benzene rings is 1. The van der Waals surface area contributed by atoms with Gasteiger partial charge in [-0.15, -0.1) is 10.2 Å². The highest BCUT2D eigenvalue weighted by Crippen LogP contribution is 2.16. The van der Waals surface area contributed by atoms with Crippen LogP contribution in [0.3, 0.4) is 0 Å². The summed E-state index contributed by atoms with van der Waals surface area (Å²) in [4.78, 5) is 7.25. The minimum Gasteiger partial charge on any atom is -0.385 e. The number of likely N-dealkylation sites (tertiary alicyclic amines) is 1. The first kappa shape index (κ1) is 23.5. The predicted molar refractivity (Wildman–Crippen MR) is 124 cm³/mol. The van der Waals surface area contributed by atoms with Gasteiger partial charge in [-0.25, -0.2) is 4.99 Å². The Hall–Kier alpha value is -2.16. The van der Waals surface area contributed by atoms with E-state index in [9.17, 15) is 0 Å². The van der Waals surface area contributed by atoms with E-state index in [-0.39, 0.29) is 0 Å². The van der Waals surface area contributed by atoms with E-state index in [1.807, 2.05) is 30.7 Å². The molecule has 2 N–H and O–H groups in total. The van der Waals surface area contributed by atoms with E-state index in [2.05, 4.69) is 37.9 Å². The fraction of sp³-hybridized carbons (Fsp3) is 0.591. The third kappa shape index (κ3) is 7.48. The summed E-state index contributed by atoms with van der Waals surface area (Å²) in [6.07, 6.45) is 3.09. The van der Waals surface area contributed by atoms with E-state index in [4.69, 9.17) is 21.3 Å². The molecular formula is C22H34ClN7O. The molecule has 1 saturated heterocycles. The summed E-state index contributed by atoms with van der Waals surface area (Å²) in [7, 11) is 3.69. The first-order chi connectivity index (χ1) is 15.0. The van der Waals surface area contributed by atoms with E-state index in [1.54, 1.807) is 7.11 Å². The average Bonchev–Trinajstić information content (AvgIpc) is 3.10. The van der Waals surface area contributed by atoms with Crippen molar-refractivity contribution in [3.8, 4) is 0 Å². The van der Waals surface area contributed by atoms with Crippen LogP contribution in [0.1, 0.15) is 36.5 Å². The Bertz CT molecular complexity index is 829. The summed E-state index contributed by atoms with van der Waals surface area (Å²) in [5.41, 5.74) is 1.30. The van der Waals surface area contributed by atoms with Crippen molar-refractivity contribution in [3.63, 3.8) is 0 Å². The Morgan fingerprint density at radius 2 is 1.97 bits per heavy atom. The highest BCUT2D eigenvalue weighted by atomic mass is 35.5. The first-order valence-electron chi connectivity index (χ1n) is 10.9. The zero-order valence-corrected chi connectivity index (χ0v) is 19.5. The van der Waals surface area contributed by atoms with Crippen molar-refractivity contribution in [1.29, 1.82) is 0 Å². The number of piperidine rings is 1. The number of rotatable bonds is 9. The maximum Gasteiger partial charge on any atom is 0.191 e. The highest BCUT2D eigenvalue weighted by molar-refractivity contribution is 6.30. The lowest BCUT2D eigenvalue weighted by Gasteiger charge is -2.33. The van der Waals surface area contributed by atoms with E-state index >= 15 is 0 Å². The molecule has 9 heteroatoms. The van der Waals surface area contributed by atoms with E-state index in [1.165, 1.54) is 5.56 Å². The molecule has 0 saturated carbocycles. The predicted octanol–water partition coefficient (Wildman–Crippen LogP) is 2.51. The summed E-state index contributed by atoms with van der Waals surface area (Å²) in [6, 6.07) is 8.53. The lowest BCUT2D eigenvalue weighted by Crippen LogP contribution is -2.48. The fourth-order valence-electron chi connectivity index (χ4n) is 3.59. The van der Waals surface area contributed by atoms with Crippen LogP contribution in [-0.4, -0.2) is 65.0 Å². The number of hydrogen-bond donors (Lipinski definition) is 2. The number of halogens is 1. The van der Waals surface area contributed by atoms with Crippen molar-refractivity contribution in [2.75, 3.05) is 33.4 Å². The van der Waals surface area contributed by atoms with Gasteiger partial charge in [0, 0.05) is 58.0 Å². The molecule has 170 valence electrons. The fourth-order valence-corrected chi connectivity index (χ4v) is 3.72. The minimum atomic E-state index is 0.399. The molecule has 1 aromatic heterocycles. The van der Waals surface area contributed by atoms with Crippen LogP contribution >= 0.6 is 11.6 Å². The smallest absolute Gasteiger partial charge is 0.191 e. The van der Waals surface area contributed by atoms with Crippen molar-refractivity contribution in [2.24, 2.45) is 12.0 Å². The lowest BCUT2D eigenvalue weighted by molar-refractivity contribution is 0.194. The zero-order chi connectivity index (χ0) is 22.1. The second kappa shape index (κ2) is 12.0. The number of guanidine groups is 1. The van der Waals surface area contributed by atoms with Gasteiger partial charge in [-0.05, 0) is 43.9 Å². The summed E-state index contributed by atoms with van der Waals surface area (Å²) < 4.78 is 7.13. The summed E-state index contributed by atoms with van der Waals surface area (Å²) in [5.74, 6) is 2.57. The number of ether oxygens (including phenoxy) is 1. The molecule has 31 heavy (non-hydrogen) atoms. The molecule has 0 spiro atoms. The second-order valence-electron chi connectivity index (χ2n) is 7.98. The normalized spacial score (nSPS) is 15.9. The molecule has 1 aliphatic rings. The lowest BCUT2D eigenvalue weighted by atomic mass is 10.0. The van der Waals surface area contributed by atoms with Gasteiger partial charge in [0.05, 0.1) is 0 Å². The topological polar surface area (TPSA) is 79.6 Å². The highest BCUT2D eigenvalue weighted by Gasteiger charge is 2.20. The van der Waals surface area contributed by atoms with Crippen LogP contribution in [0.25, 0.3) is 0 Å². The molecule has 1 fully saturated rings. The SMILES string of the molecule is COCCCNC(=NCc1nnc(C)n1C)NC1CCN(Cc2ccc(Cl)cc2)CC1. The third-order valence-corrected chi connectivity index (χ3v) is 5.88. The number of methoxy groups -OCH3 is 1. The Morgan fingerprint density at radius 1 is 1.23 bits per heavy atom. The largest absolute Gasteiger partial charge is 0.385 e. The number of aromatic nitrogens is 3. The molecular weight excluding hydrogens is 414 g/mol. The number of nitrogens with zero attached hydrogens (tertiary/aromatic N) is 5. The molecule has 0 amide bonds. The van der Waals surface area contributed by atoms with Crippen LogP contribution in [0.2, 0.25) is 5.02 Å². The summed E-state index contributed by atoms with van der Waals surface area (Å²) in [6.45, 7) is 7.05. The molecule has 0 unspecified atom stereocenters. The molecule has 3 rings (SSSR count). The van der Waals surface area contributed by atoms with Crippen LogP contribution in [0.5, 0.6) is 0 Å². The van der Waals surface area contributed by atoms with Gasteiger partial charge in [-0.2, -0.15) is 0 Å². The number of hydrogen-bond acceptors (Lipinski definition) is 5. The van der Waals surface area contributed by atoms with Crippen LogP contribution in [0.4, 0.5) is 0 Å². The van der Waals surface area contributed by atoms with Gasteiger partial charge in [0.2, 0.25) is 0 Å². The van der Waals surface area contributed by atoms with Crippen molar-refractivity contribution in [2.45, 2.75) is 45.3 Å². The number of aryl methyl sites for hydroxylation is 1. The third-order valence-electron chi connectivity index (χ3n) is 5.63. The van der Waals surface area contributed by atoms with Crippen molar-refractivity contribution < 1.29 is 4.74 Å². The Kier molecular flexibility index (Phi) is 9.12. The number of nitrogens with one attached hydrogen (secondary N) is 2. The minimum absolute atomic E-state index is 0.399. The Balaban J connectivity index is 1.51. The molecule has 8 nitrogen and oxygen atoms in total. The maximum absolute atomic E-state index is 6.00. The average molecular weight is 448 g/mol. The van der Waals surface area contributed by atoms with Crippen LogP contribution < -0.4 is 10.6 Å². The van der Waals surface area contributed by atoms with Gasteiger partial charge >= 0.3 is 0 Å². The Morgan fingerprint density at radius 3 is 2.61 bits per heavy atom. The maximum atomic E-state index is 6.00. The van der Waals surface area contributed by atoms with E-state index in [0.29, 0.717) is 12.6 Å². The molecule has 2 heterocycles. The van der Waals surface area contributed by atoms with Gasteiger partial charge in [0.1, 0.15) is 12.4 Å². The van der Waals surface area contributed by atoms with Crippen LogP contribution in [0.15, 0.2) is 29.3 Å². The quantitative estimate of drug-likeness (QED) is 0.349. The monoisotopic (exact) mass is 447 g/mol. The zero-order valence-electron chi connectivity index (χ0n) is 18.8. The molecule has 2 aromatic rings. The van der Waals surface area contributed by atoms with Gasteiger partial charge in [0.15, 0.2) is 11.8 Å². The van der Waals surface area contributed by atoms with Crippen molar-refractivity contribution in [1.82, 2.24) is 30.3 Å². The van der Waals surface area contributed by atoms with Crippen LogP contribution in [-0.2, 0) is 24.9 Å². The van der Waals surface area contributed by atoms with Crippen molar-refractivity contribution in [3.05, 3.63) is 46.5 Å². The molecule has 0 radical (unpaired) electrons. The van der Waals surface area contributed by atoms with Gasteiger partial charge in [0.25, 0.3) is 0 Å². The molecule has 0 atom stereocenters. The number of aliphatic imine (C=N–C) groups is 1. The van der Waals surface area contributed by atoms with Crippen LogP contribution in [0, 0.1) is 6.92 Å². The molecule has 1 aromatic carbocycles. The Labute approximate surface area is 190 Å². The summed E-state index contributed by atoms with van der Waals surface area (Å²) in [5, 5.41) is 16.2. The molecule has 1 aliphatic heterocycles. The van der Waals surface area contributed by atoms with Gasteiger partial charge in [-0.3, -0.25) is 4.90 Å². The first-order valence-corrected chi connectivity index (χ1v) is 11.3. The van der Waals surface area contributed by atoms with Crippen molar-refractivity contribution >= 4 is 17.6 Å². The standard InChI is InChI=1S/C22H34ClN7O/c1-17-27-28-21(29(17)2)15-25-22(24-11-4-14-31-3)26-20-9-12-30(13-10-20)16-18-5-7-19(23)8-6-18/h5-8,20H,4,9-16H2,1-3H3,(H2,24,25,26). The van der Waals surface area contributed by atoms with E-state index < -0.39 is 0 Å². The second-order valence-corrected chi connectivity index (χ2v) is 8.42. The van der Waals surface area contributed by atoms with Gasteiger partial charge in [-0.1, -0.05) is 23.7 Å². The molecule has 0 aliphatic carbocycles. The van der Waals surface area contributed by atoms with Gasteiger partial charge < -0.3 is 19.9 Å². The van der Waals surface area contributed by atoms with E-state index in [0.717, 1.165) is 74.7 Å². The summed E-state index contributed by atoms with van der Waals surface area (Å²) >= 11 is 6.00. The molecule has 0 bridgehead atoms.